The van der Waals surface area contributed by atoms with Crippen LogP contribution >= 0.6 is 0 Å². The lowest BCUT2D eigenvalue weighted by Gasteiger charge is -2.27. The number of benzene rings is 2. The quantitative estimate of drug-likeness (QED) is 0.249. The third-order valence-corrected chi connectivity index (χ3v) is 8.08. The lowest BCUT2D eigenvalue weighted by molar-refractivity contribution is -0.438. The second-order valence-corrected chi connectivity index (χ2v) is 11.3. The van der Waals surface area contributed by atoms with Crippen LogP contribution in [0.25, 0.3) is 0 Å². The normalized spacial score (nSPS) is 19.1. The fraction of sp³-hybridized carbons (Fsp3) is 0.485. The molecule has 2 aromatic carbocycles. The van der Waals surface area contributed by atoms with Gasteiger partial charge in [0, 0.05) is 47.5 Å². The number of fused-ring (bicyclic) bond motifs is 2. The Kier molecular flexibility index (Phi) is 7.69. The van der Waals surface area contributed by atoms with E-state index in [1.807, 2.05) is 0 Å². The highest BCUT2D eigenvalue weighted by molar-refractivity contribution is 6.03. The number of allylic oxidation sites excluding steroid dienone is 4. The van der Waals surface area contributed by atoms with E-state index in [4.69, 9.17) is 0 Å². The first kappa shape index (κ1) is 25.5. The van der Waals surface area contributed by atoms with Gasteiger partial charge < -0.3 is 4.90 Å². The van der Waals surface area contributed by atoms with Crippen molar-refractivity contribution in [2.45, 2.75) is 90.9 Å². The number of anilines is 1. The van der Waals surface area contributed by atoms with Crippen molar-refractivity contribution in [2.24, 2.45) is 0 Å². The van der Waals surface area contributed by atoms with Crippen LogP contribution in [0.15, 0.2) is 72.5 Å². The van der Waals surface area contributed by atoms with E-state index < -0.39 is 0 Å². The molecule has 0 atom stereocenters. The topological polar surface area (TPSA) is 6.25 Å². The molecular formula is C33H45N2+. The van der Waals surface area contributed by atoms with E-state index in [1.165, 1.54) is 72.4 Å². The molecule has 2 heterocycles. The van der Waals surface area contributed by atoms with Crippen LogP contribution in [0.3, 0.4) is 0 Å². The molecule has 0 spiro atoms. The van der Waals surface area contributed by atoms with Crippen LogP contribution in [0, 0.1) is 0 Å². The highest BCUT2D eigenvalue weighted by Gasteiger charge is 2.44. The second-order valence-electron chi connectivity index (χ2n) is 11.3. The van der Waals surface area contributed by atoms with E-state index in [0.717, 1.165) is 13.1 Å². The van der Waals surface area contributed by atoms with Crippen molar-refractivity contribution in [1.29, 1.82) is 0 Å². The third-order valence-electron chi connectivity index (χ3n) is 8.08. The first-order chi connectivity index (χ1) is 16.8. The van der Waals surface area contributed by atoms with Crippen LogP contribution in [0.4, 0.5) is 11.4 Å². The zero-order chi connectivity index (χ0) is 25.1. The van der Waals surface area contributed by atoms with E-state index in [1.54, 1.807) is 0 Å². The van der Waals surface area contributed by atoms with Gasteiger partial charge in [0.1, 0.15) is 6.54 Å². The lowest BCUT2D eigenvalue weighted by Crippen LogP contribution is -2.28. The number of rotatable bonds is 10. The van der Waals surface area contributed by atoms with Crippen molar-refractivity contribution in [2.75, 3.05) is 18.0 Å². The van der Waals surface area contributed by atoms with E-state index >= 15 is 0 Å². The smallest absolute Gasteiger partial charge is 0.209 e. The summed E-state index contributed by atoms with van der Waals surface area (Å²) in [4.78, 5) is 2.58. The van der Waals surface area contributed by atoms with Crippen molar-refractivity contribution >= 4 is 17.1 Å². The van der Waals surface area contributed by atoms with Crippen molar-refractivity contribution in [3.05, 3.63) is 83.6 Å². The summed E-state index contributed by atoms with van der Waals surface area (Å²) in [6.07, 6.45) is 14.6. The van der Waals surface area contributed by atoms with Crippen LogP contribution in [0.5, 0.6) is 0 Å². The molecule has 0 aromatic heterocycles. The van der Waals surface area contributed by atoms with E-state index in [0.29, 0.717) is 0 Å². The highest BCUT2D eigenvalue weighted by atomic mass is 15.2. The molecule has 35 heavy (non-hydrogen) atoms. The molecule has 0 radical (unpaired) electrons. The number of nitrogens with zero attached hydrogens (tertiary/aromatic N) is 2. The number of hydrogen-bond acceptors (Lipinski definition) is 1. The van der Waals surface area contributed by atoms with Crippen LogP contribution in [0.1, 0.15) is 91.2 Å². The molecule has 4 rings (SSSR count). The summed E-state index contributed by atoms with van der Waals surface area (Å²) in [5.41, 5.74) is 8.50. The predicted molar refractivity (Wildman–Crippen MR) is 152 cm³/mol. The molecule has 2 nitrogen and oxygen atoms in total. The van der Waals surface area contributed by atoms with Crippen molar-refractivity contribution in [3.63, 3.8) is 0 Å². The standard InChI is InChI=1S/C33H45N2/c1-7-9-15-24-34-28-20-13-11-18-26(28)32(3,4)30(34)22-17-23-31-33(5,6)27-19-12-14-21-29(27)35(31)25-16-10-8-2/h11-14,17-23H,7-10,15-16,24-25H2,1-6H3/q+1. The summed E-state index contributed by atoms with van der Waals surface area (Å²) in [7, 11) is 0. The highest BCUT2D eigenvalue weighted by Crippen LogP contribution is 2.47. The van der Waals surface area contributed by atoms with Crippen LogP contribution < -0.4 is 4.90 Å². The zero-order valence-corrected chi connectivity index (χ0v) is 22.9. The summed E-state index contributed by atoms with van der Waals surface area (Å²) in [5, 5.41) is 0. The van der Waals surface area contributed by atoms with Gasteiger partial charge in [-0.1, -0.05) is 89.4 Å². The van der Waals surface area contributed by atoms with Gasteiger partial charge in [-0.25, -0.2) is 0 Å². The second kappa shape index (κ2) is 10.6. The molecule has 2 aromatic rings. The van der Waals surface area contributed by atoms with Gasteiger partial charge >= 0.3 is 0 Å². The molecule has 2 aliphatic rings. The summed E-state index contributed by atoms with van der Waals surface area (Å²) in [5.74, 6) is 0. The van der Waals surface area contributed by atoms with E-state index in [-0.39, 0.29) is 10.8 Å². The minimum Gasteiger partial charge on any atom is -0.344 e. The van der Waals surface area contributed by atoms with Gasteiger partial charge in [0.15, 0.2) is 5.71 Å². The Bertz CT molecular complexity index is 1130. The lowest BCUT2D eigenvalue weighted by atomic mass is 9.81. The number of para-hydroxylation sites is 2. The first-order valence-corrected chi connectivity index (χ1v) is 13.8. The molecule has 0 saturated carbocycles. The fourth-order valence-electron chi connectivity index (χ4n) is 6.03. The SMILES string of the molecule is CCCCCN1C(=CC=CC2=[N+](CCCCC)c3ccccc3C2(C)C)C(C)(C)c2ccccc21. The maximum Gasteiger partial charge on any atom is 0.209 e. The Labute approximate surface area is 214 Å². The van der Waals surface area contributed by atoms with Crippen molar-refractivity contribution in [3.8, 4) is 0 Å². The first-order valence-electron chi connectivity index (χ1n) is 13.8. The maximum absolute atomic E-state index is 2.58. The number of hydrogen-bond donors (Lipinski definition) is 0. The predicted octanol–water partition coefficient (Wildman–Crippen LogP) is 8.68. The number of unbranched alkanes of at least 4 members (excludes halogenated alkanes) is 4. The van der Waals surface area contributed by atoms with Crippen molar-refractivity contribution in [1.82, 2.24) is 0 Å². The summed E-state index contributed by atoms with van der Waals surface area (Å²) in [6, 6.07) is 18.0. The average Bonchev–Trinajstić information content (AvgIpc) is 3.19. The molecule has 0 bridgehead atoms. The molecule has 186 valence electrons. The molecule has 2 heteroatoms. The Balaban J connectivity index is 1.71. The van der Waals surface area contributed by atoms with Gasteiger partial charge in [0.25, 0.3) is 0 Å². The monoisotopic (exact) mass is 469 g/mol. The maximum atomic E-state index is 2.58. The van der Waals surface area contributed by atoms with Crippen molar-refractivity contribution < 1.29 is 4.58 Å². The van der Waals surface area contributed by atoms with Gasteiger partial charge in [-0.15, -0.1) is 0 Å². The van der Waals surface area contributed by atoms with Crippen LogP contribution in [-0.2, 0) is 10.8 Å². The summed E-state index contributed by atoms with van der Waals surface area (Å²) < 4.78 is 2.58. The summed E-state index contributed by atoms with van der Waals surface area (Å²) in [6.45, 7) is 16.3. The molecule has 0 N–H and O–H groups in total. The molecule has 0 saturated heterocycles. The van der Waals surface area contributed by atoms with Gasteiger partial charge in [-0.2, -0.15) is 4.58 Å². The molecule has 2 aliphatic heterocycles. The third kappa shape index (κ3) is 4.77. The Morgan fingerprint density at radius 3 is 2.17 bits per heavy atom. The largest absolute Gasteiger partial charge is 0.344 e. The fourth-order valence-corrected chi connectivity index (χ4v) is 6.03. The van der Waals surface area contributed by atoms with E-state index in [9.17, 15) is 0 Å². The molecule has 0 unspecified atom stereocenters. The molecule has 0 aliphatic carbocycles. The van der Waals surface area contributed by atoms with Crippen LogP contribution in [0.2, 0.25) is 0 Å². The van der Waals surface area contributed by atoms with Gasteiger partial charge in [-0.3, -0.25) is 0 Å². The molecule has 0 amide bonds. The molecular weight excluding hydrogens is 424 g/mol. The van der Waals surface area contributed by atoms with Gasteiger partial charge in [-0.05, 0) is 44.4 Å². The minimum absolute atomic E-state index is 0.00673. The van der Waals surface area contributed by atoms with Gasteiger partial charge in [0.2, 0.25) is 5.69 Å². The Morgan fingerprint density at radius 2 is 1.43 bits per heavy atom. The van der Waals surface area contributed by atoms with Crippen LogP contribution in [-0.4, -0.2) is 23.4 Å². The zero-order valence-electron chi connectivity index (χ0n) is 22.9. The summed E-state index contributed by atoms with van der Waals surface area (Å²) >= 11 is 0. The average molecular weight is 470 g/mol. The Morgan fingerprint density at radius 1 is 0.771 bits per heavy atom. The van der Waals surface area contributed by atoms with Gasteiger partial charge in [0.05, 0.1) is 5.41 Å². The molecule has 0 fully saturated rings. The Hall–Kier alpha value is -2.61. The van der Waals surface area contributed by atoms with E-state index in [2.05, 4.69) is 118 Å². The minimum atomic E-state index is 0.00673.